The number of hydrogen-bond acceptors (Lipinski definition) is 4. The first kappa shape index (κ1) is 16.8. The highest BCUT2D eigenvalue weighted by Gasteiger charge is 2.18. The molecule has 7 nitrogen and oxygen atoms in total. The Bertz CT molecular complexity index is 878. The van der Waals surface area contributed by atoms with E-state index in [2.05, 4.69) is 10.2 Å². The summed E-state index contributed by atoms with van der Waals surface area (Å²) in [5, 5.41) is 17.8. The van der Waals surface area contributed by atoms with E-state index in [4.69, 9.17) is 4.74 Å². The van der Waals surface area contributed by atoms with Gasteiger partial charge in [0.15, 0.2) is 5.69 Å². The third-order valence-electron chi connectivity index (χ3n) is 3.78. The molecule has 0 fully saturated rings. The largest absolute Gasteiger partial charge is 0.487 e. The normalized spacial score (nSPS) is 11.0. The van der Waals surface area contributed by atoms with Gasteiger partial charge in [0.25, 0.3) is 0 Å². The number of carboxylic acids is 1. The lowest BCUT2D eigenvalue weighted by atomic mass is 10.1. The third kappa shape index (κ3) is 3.71. The first-order valence-corrected chi connectivity index (χ1v) is 7.98. The fourth-order valence-corrected chi connectivity index (χ4v) is 2.45. The highest BCUT2D eigenvalue weighted by molar-refractivity contribution is 5.93. The quantitative estimate of drug-likeness (QED) is 0.745. The summed E-state index contributed by atoms with van der Waals surface area (Å²) in [6, 6.07) is 9.29. The Balaban J connectivity index is 1.79. The molecule has 0 bridgehead atoms. The topological polar surface area (TPSA) is 82.2 Å². The third-order valence-corrected chi connectivity index (χ3v) is 3.78. The molecule has 7 heteroatoms. The fraction of sp³-hybridized carbons (Fsp3) is 0.278. The Morgan fingerprint density at radius 1 is 1.20 bits per heavy atom. The molecule has 1 aromatic carbocycles. The first-order valence-electron chi connectivity index (χ1n) is 7.98. The second-order valence-corrected chi connectivity index (χ2v) is 6.06. The van der Waals surface area contributed by atoms with Crippen molar-refractivity contribution in [3.8, 4) is 16.9 Å². The van der Waals surface area contributed by atoms with Gasteiger partial charge in [0.1, 0.15) is 12.4 Å². The van der Waals surface area contributed by atoms with Crippen LogP contribution in [0.25, 0.3) is 11.1 Å². The zero-order chi connectivity index (χ0) is 18.0. The van der Waals surface area contributed by atoms with Crippen molar-refractivity contribution >= 4 is 5.97 Å². The van der Waals surface area contributed by atoms with Gasteiger partial charge in [-0.2, -0.15) is 10.2 Å². The van der Waals surface area contributed by atoms with Crippen molar-refractivity contribution in [1.82, 2.24) is 19.6 Å². The Kier molecular flexibility index (Phi) is 4.56. The molecule has 130 valence electrons. The minimum Gasteiger partial charge on any atom is -0.487 e. The van der Waals surface area contributed by atoms with E-state index in [1.807, 2.05) is 57.4 Å². The molecule has 0 unspecified atom stereocenters. The highest BCUT2D eigenvalue weighted by atomic mass is 16.5. The van der Waals surface area contributed by atoms with Crippen molar-refractivity contribution in [2.75, 3.05) is 0 Å². The van der Waals surface area contributed by atoms with Gasteiger partial charge in [0, 0.05) is 31.0 Å². The highest BCUT2D eigenvalue weighted by Crippen LogP contribution is 2.26. The van der Waals surface area contributed by atoms with Crippen LogP contribution in [0, 0.1) is 0 Å². The zero-order valence-corrected chi connectivity index (χ0v) is 14.4. The summed E-state index contributed by atoms with van der Waals surface area (Å²) in [5.74, 6) is -0.340. The van der Waals surface area contributed by atoms with Crippen LogP contribution in [-0.2, 0) is 13.7 Å². The molecule has 0 aliphatic carbocycles. The van der Waals surface area contributed by atoms with Crippen LogP contribution < -0.4 is 4.74 Å². The molecule has 3 aromatic rings. The van der Waals surface area contributed by atoms with E-state index in [0.29, 0.717) is 17.9 Å². The van der Waals surface area contributed by atoms with E-state index < -0.39 is 5.97 Å². The van der Waals surface area contributed by atoms with Crippen molar-refractivity contribution < 1.29 is 14.6 Å². The molecule has 0 saturated carbocycles. The average Bonchev–Trinajstić information content (AvgIpc) is 3.20. The number of carboxylic acid groups (broad SMARTS) is 1. The smallest absolute Gasteiger partial charge is 0.357 e. The summed E-state index contributed by atoms with van der Waals surface area (Å²) in [5.41, 5.74) is 2.28. The molecule has 2 heterocycles. The van der Waals surface area contributed by atoms with Crippen LogP contribution >= 0.6 is 0 Å². The minimum atomic E-state index is -1.04. The van der Waals surface area contributed by atoms with Crippen LogP contribution in [0.2, 0.25) is 0 Å². The van der Waals surface area contributed by atoms with Gasteiger partial charge >= 0.3 is 5.97 Å². The van der Waals surface area contributed by atoms with Crippen LogP contribution in [0.4, 0.5) is 0 Å². The van der Waals surface area contributed by atoms with E-state index in [1.54, 1.807) is 15.6 Å². The summed E-state index contributed by atoms with van der Waals surface area (Å²) in [7, 11) is 1.86. The molecule has 2 aromatic heterocycles. The van der Waals surface area contributed by atoms with Crippen LogP contribution in [0.5, 0.6) is 5.75 Å². The van der Waals surface area contributed by atoms with E-state index >= 15 is 0 Å². The van der Waals surface area contributed by atoms with Gasteiger partial charge in [0.2, 0.25) is 0 Å². The summed E-state index contributed by atoms with van der Waals surface area (Å²) in [4.78, 5) is 11.4. The molecule has 0 radical (unpaired) electrons. The molecule has 25 heavy (non-hydrogen) atoms. The maximum Gasteiger partial charge on any atom is 0.357 e. The SMILES string of the molecule is CC(C)n1cc(-c2ccc(OCc3ccn(C)n3)cc2)c(C(=O)O)n1. The van der Waals surface area contributed by atoms with E-state index in [1.165, 1.54) is 0 Å². The summed E-state index contributed by atoms with van der Waals surface area (Å²) in [6.45, 7) is 4.29. The lowest BCUT2D eigenvalue weighted by molar-refractivity contribution is 0.0690. The van der Waals surface area contributed by atoms with Gasteiger partial charge in [0.05, 0.1) is 5.69 Å². The van der Waals surface area contributed by atoms with E-state index in [9.17, 15) is 9.90 Å². The Hall–Kier alpha value is -3.09. The number of ether oxygens (including phenoxy) is 1. The average molecular weight is 340 g/mol. The number of nitrogens with zero attached hydrogens (tertiary/aromatic N) is 4. The molecule has 0 aliphatic heterocycles. The first-order chi connectivity index (χ1) is 11.9. The van der Waals surface area contributed by atoms with Crippen LogP contribution in [-0.4, -0.2) is 30.6 Å². The predicted octanol–water partition coefficient (Wildman–Crippen LogP) is 3.14. The molecular weight excluding hydrogens is 320 g/mol. The number of carbonyl (C=O) groups is 1. The summed E-state index contributed by atoms with van der Waals surface area (Å²) < 4.78 is 9.09. The second kappa shape index (κ2) is 6.80. The lowest BCUT2D eigenvalue weighted by Crippen LogP contribution is -2.04. The van der Waals surface area contributed by atoms with Crippen molar-refractivity contribution in [1.29, 1.82) is 0 Å². The van der Waals surface area contributed by atoms with E-state index in [-0.39, 0.29) is 11.7 Å². The zero-order valence-electron chi connectivity index (χ0n) is 14.4. The molecule has 0 spiro atoms. The molecular formula is C18H20N4O3. The Labute approximate surface area is 145 Å². The molecule has 0 saturated heterocycles. The van der Waals surface area contributed by atoms with Gasteiger partial charge in [-0.1, -0.05) is 12.1 Å². The molecule has 0 amide bonds. The van der Waals surface area contributed by atoms with Crippen molar-refractivity contribution in [2.45, 2.75) is 26.5 Å². The second-order valence-electron chi connectivity index (χ2n) is 6.06. The van der Waals surface area contributed by atoms with Crippen LogP contribution in [0.15, 0.2) is 42.7 Å². The maximum absolute atomic E-state index is 11.4. The Morgan fingerprint density at radius 3 is 2.48 bits per heavy atom. The standard InChI is InChI=1S/C18H20N4O3/c1-12(2)22-10-16(17(20-22)18(23)24)13-4-6-15(7-5-13)25-11-14-8-9-21(3)19-14/h4-10,12H,11H2,1-3H3,(H,23,24). The van der Waals surface area contributed by atoms with Crippen LogP contribution in [0.1, 0.15) is 36.1 Å². The van der Waals surface area contributed by atoms with Gasteiger partial charge in [-0.3, -0.25) is 9.36 Å². The van der Waals surface area contributed by atoms with Crippen molar-refractivity contribution in [3.63, 3.8) is 0 Å². The van der Waals surface area contributed by atoms with Crippen molar-refractivity contribution in [2.24, 2.45) is 7.05 Å². The summed E-state index contributed by atoms with van der Waals surface area (Å²) >= 11 is 0. The fourth-order valence-electron chi connectivity index (χ4n) is 2.45. The van der Waals surface area contributed by atoms with Crippen LogP contribution in [0.3, 0.4) is 0 Å². The van der Waals surface area contributed by atoms with Gasteiger partial charge in [-0.15, -0.1) is 0 Å². The number of benzene rings is 1. The van der Waals surface area contributed by atoms with Crippen molar-refractivity contribution in [3.05, 3.63) is 54.1 Å². The number of aromatic carboxylic acids is 1. The predicted molar refractivity (Wildman–Crippen MR) is 92.5 cm³/mol. The number of hydrogen-bond donors (Lipinski definition) is 1. The number of rotatable bonds is 6. The van der Waals surface area contributed by atoms with E-state index in [0.717, 1.165) is 11.3 Å². The lowest BCUT2D eigenvalue weighted by Gasteiger charge is -2.06. The van der Waals surface area contributed by atoms with Gasteiger partial charge in [-0.05, 0) is 37.6 Å². The molecule has 0 aliphatic rings. The molecule has 0 atom stereocenters. The van der Waals surface area contributed by atoms with Gasteiger partial charge in [-0.25, -0.2) is 4.79 Å². The molecule has 3 rings (SSSR count). The monoisotopic (exact) mass is 340 g/mol. The minimum absolute atomic E-state index is 0.0517. The number of aromatic nitrogens is 4. The maximum atomic E-state index is 11.4. The Morgan fingerprint density at radius 2 is 1.92 bits per heavy atom. The van der Waals surface area contributed by atoms with Gasteiger partial charge < -0.3 is 9.84 Å². The molecule has 1 N–H and O–H groups in total. The number of aryl methyl sites for hydroxylation is 1. The summed E-state index contributed by atoms with van der Waals surface area (Å²) in [6.07, 6.45) is 3.62.